The molecule has 0 aliphatic carbocycles. The molecular formula is C14H19N3O2. The topological polar surface area (TPSA) is 84.2 Å². The zero-order valence-corrected chi connectivity index (χ0v) is 11.0. The molecule has 0 aromatic heterocycles. The molecule has 0 radical (unpaired) electrons. The van der Waals surface area contributed by atoms with Gasteiger partial charge in [-0.25, -0.2) is 0 Å². The van der Waals surface area contributed by atoms with E-state index >= 15 is 0 Å². The van der Waals surface area contributed by atoms with Crippen molar-refractivity contribution in [2.75, 3.05) is 11.9 Å². The monoisotopic (exact) mass is 261 g/mol. The van der Waals surface area contributed by atoms with Crippen LogP contribution in [0.1, 0.15) is 35.2 Å². The van der Waals surface area contributed by atoms with Gasteiger partial charge in [-0.1, -0.05) is 6.07 Å². The standard InChI is InChI=1S/C14H19N3O2/c1-9-11(14(15)19)5-2-6-12(9)17-13(18)8-10-4-3-7-16-10/h2,5-6,10,16H,3-4,7-8H2,1H3,(H2,15,19)(H,17,18). The van der Waals surface area contributed by atoms with E-state index in [-0.39, 0.29) is 11.9 Å². The van der Waals surface area contributed by atoms with Gasteiger partial charge in [-0.05, 0) is 44.0 Å². The Kier molecular flexibility index (Phi) is 4.16. The molecule has 0 spiro atoms. The number of anilines is 1. The Morgan fingerprint density at radius 2 is 2.26 bits per heavy atom. The van der Waals surface area contributed by atoms with E-state index < -0.39 is 5.91 Å². The first kappa shape index (κ1) is 13.5. The van der Waals surface area contributed by atoms with Gasteiger partial charge < -0.3 is 16.4 Å². The molecular weight excluding hydrogens is 242 g/mol. The summed E-state index contributed by atoms with van der Waals surface area (Å²) in [6.45, 7) is 2.76. The molecule has 4 N–H and O–H groups in total. The molecule has 2 amide bonds. The fourth-order valence-corrected chi connectivity index (χ4v) is 2.39. The average Bonchev–Trinajstić information content (AvgIpc) is 2.84. The van der Waals surface area contributed by atoms with Crippen LogP contribution in [0.4, 0.5) is 5.69 Å². The van der Waals surface area contributed by atoms with Crippen LogP contribution >= 0.6 is 0 Å². The largest absolute Gasteiger partial charge is 0.366 e. The summed E-state index contributed by atoms with van der Waals surface area (Å²) in [4.78, 5) is 23.2. The minimum absolute atomic E-state index is 0.0379. The summed E-state index contributed by atoms with van der Waals surface area (Å²) >= 11 is 0. The highest BCUT2D eigenvalue weighted by molar-refractivity contribution is 5.98. The third kappa shape index (κ3) is 3.32. The summed E-state index contributed by atoms with van der Waals surface area (Å²) in [5.41, 5.74) is 7.09. The van der Waals surface area contributed by atoms with E-state index in [0.717, 1.165) is 19.4 Å². The second-order valence-electron chi connectivity index (χ2n) is 4.89. The zero-order chi connectivity index (χ0) is 13.8. The minimum atomic E-state index is -0.481. The van der Waals surface area contributed by atoms with Gasteiger partial charge in [0.25, 0.3) is 0 Å². The van der Waals surface area contributed by atoms with Crippen LogP contribution in [0.25, 0.3) is 0 Å². The number of benzene rings is 1. The first-order valence-electron chi connectivity index (χ1n) is 6.50. The third-order valence-electron chi connectivity index (χ3n) is 3.47. The minimum Gasteiger partial charge on any atom is -0.366 e. The summed E-state index contributed by atoms with van der Waals surface area (Å²) in [6.07, 6.45) is 2.61. The Morgan fingerprint density at radius 3 is 2.89 bits per heavy atom. The number of carbonyl (C=O) groups excluding carboxylic acids is 2. The van der Waals surface area contributed by atoms with Crippen molar-refractivity contribution >= 4 is 17.5 Å². The SMILES string of the molecule is Cc1c(NC(=O)CC2CCCN2)cccc1C(N)=O. The van der Waals surface area contributed by atoms with Crippen LogP contribution in [0.2, 0.25) is 0 Å². The molecule has 0 saturated carbocycles. The number of hydrogen-bond donors (Lipinski definition) is 3. The van der Waals surface area contributed by atoms with Crippen LogP contribution in [0.5, 0.6) is 0 Å². The second kappa shape index (κ2) is 5.84. The van der Waals surface area contributed by atoms with Gasteiger partial charge in [0.15, 0.2) is 0 Å². The fourth-order valence-electron chi connectivity index (χ4n) is 2.39. The summed E-state index contributed by atoms with van der Waals surface area (Å²) in [5.74, 6) is -0.518. The van der Waals surface area contributed by atoms with Crippen molar-refractivity contribution in [3.8, 4) is 0 Å². The van der Waals surface area contributed by atoms with Gasteiger partial charge in [0.05, 0.1) is 0 Å². The van der Waals surface area contributed by atoms with Crippen LogP contribution in [-0.4, -0.2) is 24.4 Å². The molecule has 1 aliphatic rings. The normalized spacial score (nSPS) is 18.3. The highest BCUT2D eigenvalue weighted by Crippen LogP contribution is 2.19. The summed E-state index contributed by atoms with van der Waals surface area (Å²) in [5, 5.41) is 6.13. The van der Waals surface area contributed by atoms with Crippen LogP contribution in [0, 0.1) is 6.92 Å². The quantitative estimate of drug-likeness (QED) is 0.760. The van der Waals surface area contributed by atoms with E-state index in [2.05, 4.69) is 10.6 Å². The molecule has 5 heteroatoms. The van der Waals surface area contributed by atoms with Crippen molar-refractivity contribution in [2.45, 2.75) is 32.2 Å². The van der Waals surface area contributed by atoms with Gasteiger partial charge in [-0.3, -0.25) is 9.59 Å². The fraction of sp³-hybridized carbons (Fsp3) is 0.429. The summed E-state index contributed by atoms with van der Waals surface area (Å²) in [6, 6.07) is 5.42. The summed E-state index contributed by atoms with van der Waals surface area (Å²) in [7, 11) is 0. The molecule has 0 bridgehead atoms. The van der Waals surface area contributed by atoms with Crippen LogP contribution in [0.15, 0.2) is 18.2 Å². The van der Waals surface area contributed by atoms with Gasteiger partial charge in [0.2, 0.25) is 11.8 Å². The molecule has 1 aliphatic heterocycles. The van der Waals surface area contributed by atoms with E-state index in [1.165, 1.54) is 0 Å². The Labute approximate surface area is 112 Å². The van der Waals surface area contributed by atoms with Crippen molar-refractivity contribution in [3.63, 3.8) is 0 Å². The Balaban J connectivity index is 2.04. The number of nitrogens with two attached hydrogens (primary N) is 1. The molecule has 1 atom stereocenters. The number of primary amides is 1. The lowest BCUT2D eigenvalue weighted by molar-refractivity contribution is -0.116. The van der Waals surface area contributed by atoms with Crippen molar-refractivity contribution in [3.05, 3.63) is 29.3 Å². The first-order valence-corrected chi connectivity index (χ1v) is 6.50. The number of rotatable bonds is 4. The predicted octanol–water partition coefficient (Wildman–Crippen LogP) is 1.17. The van der Waals surface area contributed by atoms with Crippen molar-refractivity contribution in [2.24, 2.45) is 5.73 Å². The molecule has 1 fully saturated rings. The molecule has 1 unspecified atom stereocenters. The van der Waals surface area contributed by atoms with E-state index in [0.29, 0.717) is 23.2 Å². The van der Waals surface area contributed by atoms with Crippen LogP contribution < -0.4 is 16.4 Å². The smallest absolute Gasteiger partial charge is 0.249 e. The third-order valence-corrected chi connectivity index (χ3v) is 3.47. The van der Waals surface area contributed by atoms with Crippen molar-refractivity contribution in [1.82, 2.24) is 5.32 Å². The van der Waals surface area contributed by atoms with Gasteiger partial charge in [-0.2, -0.15) is 0 Å². The van der Waals surface area contributed by atoms with E-state index in [1.807, 2.05) is 0 Å². The van der Waals surface area contributed by atoms with Crippen LogP contribution in [-0.2, 0) is 4.79 Å². The maximum absolute atomic E-state index is 11.9. The second-order valence-corrected chi connectivity index (χ2v) is 4.89. The molecule has 1 saturated heterocycles. The first-order chi connectivity index (χ1) is 9.08. The van der Waals surface area contributed by atoms with E-state index in [4.69, 9.17) is 5.73 Å². The Morgan fingerprint density at radius 1 is 1.47 bits per heavy atom. The maximum atomic E-state index is 11.9. The maximum Gasteiger partial charge on any atom is 0.249 e. The van der Waals surface area contributed by atoms with E-state index in [9.17, 15) is 9.59 Å². The number of hydrogen-bond acceptors (Lipinski definition) is 3. The van der Waals surface area contributed by atoms with Crippen molar-refractivity contribution in [1.29, 1.82) is 0 Å². The van der Waals surface area contributed by atoms with Crippen LogP contribution in [0.3, 0.4) is 0 Å². The lowest BCUT2D eigenvalue weighted by Gasteiger charge is -2.13. The lowest BCUT2D eigenvalue weighted by atomic mass is 10.1. The lowest BCUT2D eigenvalue weighted by Crippen LogP contribution is -2.27. The molecule has 1 aromatic rings. The van der Waals surface area contributed by atoms with Gasteiger partial charge >= 0.3 is 0 Å². The zero-order valence-electron chi connectivity index (χ0n) is 11.0. The molecule has 2 rings (SSSR count). The number of amides is 2. The highest BCUT2D eigenvalue weighted by Gasteiger charge is 2.18. The van der Waals surface area contributed by atoms with E-state index in [1.54, 1.807) is 25.1 Å². The average molecular weight is 261 g/mol. The molecule has 102 valence electrons. The molecule has 1 heterocycles. The van der Waals surface area contributed by atoms with Gasteiger partial charge in [0.1, 0.15) is 0 Å². The Bertz CT molecular complexity index is 493. The molecule has 1 aromatic carbocycles. The number of carbonyl (C=O) groups is 2. The molecule has 19 heavy (non-hydrogen) atoms. The van der Waals surface area contributed by atoms with Gasteiger partial charge in [0, 0.05) is 23.7 Å². The van der Waals surface area contributed by atoms with Gasteiger partial charge in [-0.15, -0.1) is 0 Å². The molecule has 5 nitrogen and oxygen atoms in total. The highest BCUT2D eigenvalue weighted by atomic mass is 16.2. The predicted molar refractivity (Wildman–Crippen MR) is 74.0 cm³/mol. The summed E-state index contributed by atoms with van der Waals surface area (Å²) < 4.78 is 0. The Hall–Kier alpha value is -1.88. The number of nitrogens with one attached hydrogen (secondary N) is 2. The van der Waals surface area contributed by atoms with Crippen molar-refractivity contribution < 1.29 is 9.59 Å².